The highest BCUT2D eigenvalue weighted by Gasteiger charge is 2.28. The van der Waals surface area contributed by atoms with Crippen molar-refractivity contribution in [2.45, 2.75) is 19.4 Å². The Bertz CT molecular complexity index is 1070. The second-order valence-electron chi connectivity index (χ2n) is 7.57. The molecule has 2 aromatic heterocycles. The number of methoxy groups -OCH3 is 3. The summed E-state index contributed by atoms with van der Waals surface area (Å²) in [5.41, 5.74) is 1.29. The Morgan fingerprint density at radius 2 is 2.00 bits per heavy atom. The number of carbonyl (C=O) groups excluding carboxylic acids is 1. The van der Waals surface area contributed by atoms with Crippen LogP contribution in [0.5, 0.6) is 17.2 Å². The van der Waals surface area contributed by atoms with E-state index in [-0.39, 0.29) is 11.7 Å². The van der Waals surface area contributed by atoms with Crippen molar-refractivity contribution in [2.24, 2.45) is 5.92 Å². The molecule has 0 bridgehead atoms. The van der Waals surface area contributed by atoms with Crippen LogP contribution in [0.2, 0.25) is 0 Å². The average molecular weight is 438 g/mol. The van der Waals surface area contributed by atoms with Gasteiger partial charge in [-0.3, -0.25) is 14.7 Å². The van der Waals surface area contributed by atoms with E-state index < -0.39 is 0 Å². The zero-order valence-corrected chi connectivity index (χ0v) is 18.4. The van der Waals surface area contributed by atoms with Crippen LogP contribution in [-0.4, -0.2) is 60.2 Å². The number of hydrogen-bond donors (Lipinski definition) is 0. The summed E-state index contributed by atoms with van der Waals surface area (Å²) in [7, 11) is 4.66. The molecule has 0 aliphatic carbocycles. The highest BCUT2D eigenvalue weighted by Crippen LogP contribution is 2.43. The first-order chi connectivity index (χ1) is 15.6. The fourth-order valence-corrected chi connectivity index (χ4v) is 4.05. The minimum absolute atomic E-state index is 0.0683. The molecule has 32 heavy (non-hydrogen) atoms. The molecular formula is C23H26N4O5. The quantitative estimate of drug-likeness (QED) is 0.491. The number of carbonyl (C=O) groups is 1. The monoisotopic (exact) mass is 438 g/mol. The maximum Gasteiger partial charge on any atom is 0.241 e. The molecule has 4 rings (SSSR count). The molecule has 1 aliphatic heterocycles. The second kappa shape index (κ2) is 9.78. The molecular weight excluding hydrogens is 412 g/mol. The summed E-state index contributed by atoms with van der Waals surface area (Å²) in [4.78, 5) is 23.6. The molecule has 0 amide bonds. The van der Waals surface area contributed by atoms with Gasteiger partial charge in [0.25, 0.3) is 0 Å². The number of ether oxygens (including phenoxy) is 3. The largest absolute Gasteiger partial charge is 0.493 e. The van der Waals surface area contributed by atoms with E-state index in [4.69, 9.17) is 18.7 Å². The number of ketones is 1. The van der Waals surface area contributed by atoms with Gasteiger partial charge in [-0.25, -0.2) is 0 Å². The van der Waals surface area contributed by atoms with Gasteiger partial charge < -0.3 is 18.7 Å². The summed E-state index contributed by atoms with van der Waals surface area (Å²) < 4.78 is 21.8. The number of Topliss-reactive ketones (excluding diaryl/α,β-unsaturated/α-hetero) is 1. The Hall–Kier alpha value is -3.46. The summed E-state index contributed by atoms with van der Waals surface area (Å²) in [6, 6.07) is 7.18. The molecule has 1 saturated heterocycles. The van der Waals surface area contributed by atoms with Gasteiger partial charge in [0, 0.05) is 30.4 Å². The second-order valence-corrected chi connectivity index (χ2v) is 7.57. The Morgan fingerprint density at radius 1 is 1.16 bits per heavy atom. The maximum absolute atomic E-state index is 12.8. The number of piperidine rings is 1. The topological polar surface area (TPSA) is 99.8 Å². The summed E-state index contributed by atoms with van der Waals surface area (Å²) in [6.45, 7) is 1.98. The number of likely N-dealkylation sites (tertiary alicyclic amines) is 1. The molecule has 1 aromatic carbocycles. The number of aromatic nitrogens is 3. The molecule has 0 radical (unpaired) electrons. The van der Waals surface area contributed by atoms with E-state index in [0.717, 1.165) is 19.4 Å². The van der Waals surface area contributed by atoms with E-state index in [0.29, 0.717) is 53.2 Å². The standard InChI is InChI=1S/C23H26N4O5/c1-29-18-9-8-17(21(30-2)22(18)31-3)23-25-19(32-26-23)14-27-11-5-7-16(13-27)20(28)15-6-4-10-24-12-15/h4,6,8-10,12,16H,5,7,11,13-14H2,1-3H3. The van der Waals surface area contributed by atoms with E-state index in [9.17, 15) is 4.79 Å². The van der Waals surface area contributed by atoms with E-state index in [1.54, 1.807) is 51.9 Å². The number of nitrogens with zero attached hydrogens (tertiary/aromatic N) is 4. The van der Waals surface area contributed by atoms with E-state index in [1.807, 2.05) is 6.07 Å². The van der Waals surface area contributed by atoms with Crippen LogP contribution < -0.4 is 14.2 Å². The molecule has 9 nitrogen and oxygen atoms in total. The van der Waals surface area contributed by atoms with Crippen molar-refractivity contribution in [3.05, 3.63) is 48.1 Å². The van der Waals surface area contributed by atoms with Gasteiger partial charge in [-0.05, 0) is 43.7 Å². The fraction of sp³-hybridized carbons (Fsp3) is 0.391. The normalized spacial score (nSPS) is 16.5. The van der Waals surface area contributed by atoms with Gasteiger partial charge in [-0.15, -0.1) is 0 Å². The summed E-state index contributed by atoms with van der Waals surface area (Å²) >= 11 is 0. The van der Waals surface area contributed by atoms with Crippen molar-refractivity contribution in [3.63, 3.8) is 0 Å². The lowest BCUT2D eigenvalue weighted by Gasteiger charge is -2.30. The van der Waals surface area contributed by atoms with Crippen LogP contribution in [0.15, 0.2) is 41.2 Å². The zero-order valence-electron chi connectivity index (χ0n) is 18.4. The first-order valence-corrected chi connectivity index (χ1v) is 10.4. The lowest BCUT2D eigenvalue weighted by atomic mass is 9.90. The third-order valence-corrected chi connectivity index (χ3v) is 5.59. The van der Waals surface area contributed by atoms with E-state index >= 15 is 0 Å². The molecule has 1 atom stereocenters. The molecule has 1 aliphatic rings. The van der Waals surface area contributed by atoms with Crippen LogP contribution in [0.3, 0.4) is 0 Å². The average Bonchev–Trinajstić information content (AvgIpc) is 3.31. The van der Waals surface area contributed by atoms with Crippen LogP contribution in [0.4, 0.5) is 0 Å². The molecule has 3 heterocycles. The van der Waals surface area contributed by atoms with Crippen molar-refractivity contribution < 1.29 is 23.5 Å². The Kier molecular flexibility index (Phi) is 6.65. The van der Waals surface area contributed by atoms with Crippen molar-refractivity contribution in [1.82, 2.24) is 20.0 Å². The lowest BCUT2D eigenvalue weighted by molar-refractivity contribution is 0.0796. The van der Waals surface area contributed by atoms with Gasteiger partial charge in [-0.1, -0.05) is 5.16 Å². The highest BCUT2D eigenvalue weighted by atomic mass is 16.5. The van der Waals surface area contributed by atoms with Crippen LogP contribution in [0.1, 0.15) is 29.1 Å². The maximum atomic E-state index is 12.8. The third-order valence-electron chi connectivity index (χ3n) is 5.59. The van der Waals surface area contributed by atoms with Crippen molar-refractivity contribution in [1.29, 1.82) is 0 Å². The van der Waals surface area contributed by atoms with E-state index in [1.165, 1.54) is 0 Å². The SMILES string of the molecule is COc1ccc(-c2noc(CN3CCCC(C(=O)c4cccnc4)C3)n2)c(OC)c1OC. The van der Waals surface area contributed by atoms with Gasteiger partial charge in [0.05, 0.1) is 33.4 Å². The highest BCUT2D eigenvalue weighted by molar-refractivity contribution is 5.97. The Labute approximate surface area is 186 Å². The van der Waals surface area contributed by atoms with Crippen LogP contribution in [0.25, 0.3) is 11.4 Å². The number of hydrogen-bond acceptors (Lipinski definition) is 9. The molecule has 1 unspecified atom stereocenters. The van der Waals surface area contributed by atoms with Crippen molar-refractivity contribution in [3.8, 4) is 28.6 Å². The van der Waals surface area contributed by atoms with Gasteiger partial charge in [0.1, 0.15) is 0 Å². The van der Waals surface area contributed by atoms with Gasteiger partial charge >= 0.3 is 0 Å². The van der Waals surface area contributed by atoms with Gasteiger partial charge in [0.15, 0.2) is 17.3 Å². The summed E-state index contributed by atoms with van der Waals surface area (Å²) in [5, 5.41) is 4.13. The number of rotatable bonds is 8. The van der Waals surface area contributed by atoms with Gasteiger partial charge in [0.2, 0.25) is 17.5 Å². The van der Waals surface area contributed by atoms with Crippen LogP contribution in [0, 0.1) is 5.92 Å². The van der Waals surface area contributed by atoms with Crippen molar-refractivity contribution >= 4 is 5.78 Å². The Balaban J connectivity index is 1.48. The molecule has 3 aromatic rings. The minimum Gasteiger partial charge on any atom is -0.493 e. The first-order valence-electron chi connectivity index (χ1n) is 10.4. The van der Waals surface area contributed by atoms with Crippen molar-refractivity contribution in [2.75, 3.05) is 34.4 Å². The first kappa shape index (κ1) is 21.8. The van der Waals surface area contributed by atoms with E-state index in [2.05, 4.69) is 20.0 Å². The molecule has 9 heteroatoms. The predicted octanol–water partition coefficient (Wildman–Crippen LogP) is 3.25. The zero-order chi connectivity index (χ0) is 22.5. The predicted molar refractivity (Wildman–Crippen MR) is 116 cm³/mol. The third kappa shape index (κ3) is 4.43. The number of benzene rings is 1. The smallest absolute Gasteiger partial charge is 0.241 e. The molecule has 0 spiro atoms. The lowest BCUT2D eigenvalue weighted by Crippen LogP contribution is -2.38. The molecule has 168 valence electrons. The Morgan fingerprint density at radius 3 is 2.72 bits per heavy atom. The van der Waals surface area contributed by atoms with Crippen LogP contribution >= 0.6 is 0 Å². The summed E-state index contributed by atoms with van der Waals surface area (Å²) in [6.07, 6.45) is 5.09. The molecule has 0 saturated carbocycles. The minimum atomic E-state index is -0.0683. The molecule has 0 N–H and O–H groups in total. The molecule has 1 fully saturated rings. The summed E-state index contributed by atoms with van der Waals surface area (Å²) in [5.74, 6) is 2.43. The van der Waals surface area contributed by atoms with Gasteiger partial charge in [-0.2, -0.15) is 4.98 Å². The fourth-order valence-electron chi connectivity index (χ4n) is 4.05. The van der Waals surface area contributed by atoms with Crippen LogP contribution in [-0.2, 0) is 6.54 Å². The number of pyridine rings is 1.